The zero-order chi connectivity index (χ0) is 27.2. The lowest BCUT2D eigenvalue weighted by molar-refractivity contribution is 1.06. The van der Waals surface area contributed by atoms with Gasteiger partial charge in [0.2, 0.25) is 0 Å². The Hall–Kier alpha value is -5.61. The van der Waals surface area contributed by atoms with E-state index in [4.69, 9.17) is 4.98 Å². The largest absolute Gasteiger partial charge is 0.354 e. The molecule has 41 heavy (non-hydrogen) atoms. The van der Waals surface area contributed by atoms with Crippen molar-refractivity contribution in [3.05, 3.63) is 145 Å². The molecule has 8 bridgehead atoms. The molecule has 1 aliphatic rings. The van der Waals surface area contributed by atoms with Crippen LogP contribution in [0.25, 0.3) is 73.0 Å². The molecule has 1 aliphatic heterocycles. The van der Waals surface area contributed by atoms with Crippen LogP contribution in [0.5, 0.6) is 0 Å². The molecule has 0 atom stereocenters. The van der Waals surface area contributed by atoms with Crippen LogP contribution in [0, 0.1) is 0 Å². The van der Waals surface area contributed by atoms with Crippen molar-refractivity contribution < 1.29 is 0 Å². The topological polar surface area (TPSA) is 48.9 Å². The lowest BCUT2D eigenvalue weighted by Crippen LogP contribution is -1.88. The van der Waals surface area contributed by atoms with E-state index in [0.717, 1.165) is 72.4 Å². The van der Waals surface area contributed by atoms with Crippen LogP contribution in [-0.4, -0.2) is 19.4 Å². The van der Waals surface area contributed by atoms with E-state index in [1.165, 1.54) is 0 Å². The third-order valence-corrected chi connectivity index (χ3v) is 7.76. The minimum Gasteiger partial charge on any atom is -0.354 e. The van der Waals surface area contributed by atoms with Gasteiger partial charge in [0.05, 0.1) is 5.69 Å². The average molecular weight is 527 g/mol. The third-order valence-electron chi connectivity index (χ3n) is 7.76. The van der Waals surface area contributed by atoms with Crippen molar-refractivity contribution in [2.24, 2.45) is 0 Å². The number of aromatic nitrogens is 4. The van der Waals surface area contributed by atoms with Gasteiger partial charge >= 0.3 is 0 Å². The van der Waals surface area contributed by atoms with Gasteiger partial charge in [-0.15, -0.1) is 0 Å². The number of rotatable bonds is 3. The summed E-state index contributed by atoms with van der Waals surface area (Å²) in [6, 6.07) is 42.5. The molecule has 0 spiro atoms. The van der Waals surface area contributed by atoms with Gasteiger partial charge in [-0.05, 0) is 59.2 Å². The summed E-state index contributed by atoms with van der Waals surface area (Å²) < 4.78 is 2.11. The summed E-state index contributed by atoms with van der Waals surface area (Å²) in [4.78, 5) is 12.7. The maximum Gasteiger partial charge on any atom is 0.137 e. The SMILES string of the molecule is C1=Cc2nc1c(-c1ccccc1)c1ccc([nH]1)c(-c1ccccc1)c1ccc([nH]1)c(-c1ccccc1)c1ccn2c1. The van der Waals surface area contributed by atoms with E-state index in [1.54, 1.807) is 0 Å². The van der Waals surface area contributed by atoms with Crippen LogP contribution in [0.3, 0.4) is 0 Å². The summed E-state index contributed by atoms with van der Waals surface area (Å²) >= 11 is 0. The molecule has 0 amide bonds. The minimum absolute atomic E-state index is 0.887. The van der Waals surface area contributed by atoms with Crippen molar-refractivity contribution in [1.82, 2.24) is 19.4 Å². The van der Waals surface area contributed by atoms with Gasteiger partial charge in [0.25, 0.3) is 0 Å². The molecule has 0 unspecified atom stereocenters. The predicted molar refractivity (Wildman–Crippen MR) is 171 cm³/mol. The lowest BCUT2D eigenvalue weighted by Gasteiger charge is -2.05. The highest BCUT2D eigenvalue weighted by atomic mass is 15.0. The lowest BCUT2D eigenvalue weighted by atomic mass is 10.0. The number of aromatic amines is 2. The van der Waals surface area contributed by atoms with E-state index in [1.807, 2.05) is 6.07 Å². The molecule has 0 aliphatic carbocycles. The van der Waals surface area contributed by atoms with Crippen LogP contribution in [0.15, 0.2) is 134 Å². The van der Waals surface area contributed by atoms with Crippen LogP contribution < -0.4 is 0 Å². The van der Waals surface area contributed by atoms with E-state index in [2.05, 4.69) is 154 Å². The van der Waals surface area contributed by atoms with Gasteiger partial charge < -0.3 is 14.4 Å². The second-order valence-corrected chi connectivity index (χ2v) is 10.3. The zero-order valence-corrected chi connectivity index (χ0v) is 22.3. The first-order chi connectivity index (χ1) is 20.3. The van der Waals surface area contributed by atoms with Gasteiger partial charge in [-0.1, -0.05) is 91.0 Å². The van der Waals surface area contributed by atoms with Crippen LogP contribution in [0.4, 0.5) is 0 Å². The van der Waals surface area contributed by atoms with Crippen LogP contribution >= 0.6 is 0 Å². The van der Waals surface area contributed by atoms with E-state index < -0.39 is 0 Å². The number of H-pyrrole nitrogens is 2. The molecule has 4 nitrogen and oxygen atoms in total. The van der Waals surface area contributed by atoms with Gasteiger partial charge in [0.15, 0.2) is 0 Å². The highest BCUT2D eigenvalue weighted by Crippen LogP contribution is 2.35. The Morgan fingerprint density at radius 3 is 1.54 bits per heavy atom. The first kappa shape index (κ1) is 23.3. The van der Waals surface area contributed by atoms with Crippen LogP contribution in [0.1, 0.15) is 11.5 Å². The van der Waals surface area contributed by atoms with E-state index in [0.29, 0.717) is 0 Å². The Bertz CT molecular complexity index is 2180. The van der Waals surface area contributed by atoms with Gasteiger partial charge in [-0.25, -0.2) is 4.98 Å². The molecule has 0 saturated carbocycles. The first-order valence-electron chi connectivity index (χ1n) is 13.8. The van der Waals surface area contributed by atoms with Crippen molar-refractivity contribution in [3.63, 3.8) is 0 Å². The Morgan fingerprint density at radius 2 is 0.951 bits per heavy atom. The minimum atomic E-state index is 0.887. The molecule has 4 heteroatoms. The van der Waals surface area contributed by atoms with Crippen LogP contribution in [0.2, 0.25) is 0 Å². The quantitative estimate of drug-likeness (QED) is 0.237. The van der Waals surface area contributed by atoms with Crippen LogP contribution in [-0.2, 0) is 0 Å². The molecule has 7 aromatic rings. The van der Waals surface area contributed by atoms with Gasteiger partial charge in [0, 0.05) is 56.5 Å². The Kier molecular flexibility index (Phi) is 5.42. The second-order valence-electron chi connectivity index (χ2n) is 10.3. The molecule has 4 aromatic heterocycles. The summed E-state index contributed by atoms with van der Waals surface area (Å²) in [5.74, 6) is 0.887. The van der Waals surface area contributed by atoms with E-state index in [9.17, 15) is 0 Å². The van der Waals surface area contributed by atoms with Gasteiger partial charge in [-0.2, -0.15) is 0 Å². The maximum atomic E-state index is 5.13. The molecule has 0 radical (unpaired) electrons. The monoisotopic (exact) mass is 526 g/mol. The van der Waals surface area contributed by atoms with Gasteiger partial charge in [0.1, 0.15) is 5.82 Å². The Labute approximate surface area is 237 Å². The van der Waals surface area contributed by atoms with Crippen molar-refractivity contribution in [2.45, 2.75) is 0 Å². The fourth-order valence-electron chi connectivity index (χ4n) is 5.88. The summed E-state index contributed by atoms with van der Waals surface area (Å²) in [5, 5.41) is 1.12. The zero-order valence-electron chi connectivity index (χ0n) is 22.3. The van der Waals surface area contributed by atoms with Crippen molar-refractivity contribution >= 4 is 39.6 Å². The number of nitrogens with one attached hydrogen (secondary N) is 2. The number of benzene rings is 3. The second kappa shape index (κ2) is 9.54. The molecule has 0 saturated heterocycles. The molecule has 2 N–H and O–H groups in total. The summed E-state index contributed by atoms with van der Waals surface area (Å²) in [6.07, 6.45) is 8.47. The third kappa shape index (κ3) is 4.05. The molecular formula is C37H26N4. The molecule has 194 valence electrons. The maximum absolute atomic E-state index is 5.13. The number of hydrogen-bond donors (Lipinski definition) is 2. The summed E-state index contributed by atoms with van der Waals surface area (Å²) in [7, 11) is 0. The Balaban J connectivity index is 1.58. The molecular weight excluding hydrogens is 500 g/mol. The molecule has 8 rings (SSSR count). The van der Waals surface area contributed by atoms with E-state index in [-0.39, 0.29) is 0 Å². The fourth-order valence-corrected chi connectivity index (χ4v) is 5.88. The first-order valence-corrected chi connectivity index (χ1v) is 13.8. The highest BCUT2D eigenvalue weighted by molar-refractivity contribution is 5.99. The standard InChI is InChI=1S/C37H26N4/c1-4-10-25(11-5-1)35-28-22-23-41(24-28)34-21-20-33(40-34)37(27-14-8-3-9-15-27)32-19-18-31(39-32)36(26-12-6-2-7-13-26)30-17-16-29(35)38-30/h1-24,38-39H. The van der Waals surface area contributed by atoms with Crippen molar-refractivity contribution in [1.29, 1.82) is 0 Å². The number of hydrogen-bond acceptors (Lipinski definition) is 1. The summed E-state index contributed by atoms with van der Waals surface area (Å²) in [5.41, 5.74) is 11.9. The van der Waals surface area contributed by atoms with Crippen molar-refractivity contribution in [2.75, 3.05) is 0 Å². The molecule has 0 fully saturated rings. The van der Waals surface area contributed by atoms with Gasteiger partial charge in [-0.3, -0.25) is 0 Å². The highest BCUT2D eigenvalue weighted by Gasteiger charge is 2.14. The molecule has 5 heterocycles. The Morgan fingerprint density at radius 1 is 0.463 bits per heavy atom. The smallest absolute Gasteiger partial charge is 0.137 e. The van der Waals surface area contributed by atoms with Crippen molar-refractivity contribution in [3.8, 4) is 33.4 Å². The number of fused-ring (bicyclic) bond motifs is 9. The normalized spacial score (nSPS) is 11.8. The summed E-state index contributed by atoms with van der Waals surface area (Å²) in [6.45, 7) is 0. The number of nitrogens with zero attached hydrogens (tertiary/aromatic N) is 2. The fraction of sp³-hybridized carbons (Fsp3) is 0. The van der Waals surface area contributed by atoms with E-state index >= 15 is 0 Å². The average Bonchev–Trinajstić information content (AvgIpc) is 3.84. The molecule has 3 aromatic carbocycles. The predicted octanol–water partition coefficient (Wildman–Crippen LogP) is 9.47.